The molecule has 0 spiro atoms. The van der Waals surface area contributed by atoms with Crippen LogP contribution in [0.4, 0.5) is 8.78 Å². The van der Waals surface area contributed by atoms with E-state index in [-0.39, 0.29) is 6.42 Å². The van der Waals surface area contributed by atoms with Gasteiger partial charge in [0.2, 0.25) is 0 Å². The molecule has 0 saturated carbocycles. The summed E-state index contributed by atoms with van der Waals surface area (Å²) >= 11 is 5.74. The van der Waals surface area contributed by atoms with E-state index in [1.54, 1.807) is 0 Å². The number of halogens is 3. The Kier molecular flexibility index (Phi) is 9.49. The lowest BCUT2D eigenvalue weighted by molar-refractivity contribution is -0.185. The normalized spacial score (nSPS) is 14.4. The van der Waals surface area contributed by atoms with Gasteiger partial charge in [-0.2, -0.15) is 8.78 Å². The minimum absolute atomic E-state index is 0.0206. The van der Waals surface area contributed by atoms with Crippen molar-refractivity contribution in [3.63, 3.8) is 0 Å². The summed E-state index contributed by atoms with van der Waals surface area (Å²) in [7, 11) is 0.879. The van der Waals surface area contributed by atoms with E-state index in [1.165, 1.54) is 0 Å². The monoisotopic (exact) mass is 328 g/mol. The van der Waals surface area contributed by atoms with Gasteiger partial charge in [-0.05, 0) is 6.42 Å². The van der Waals surface area contributed by atoms with Gasteiger partial charge in [0.15, 0.2) is 5.56 Å². The van der Waals surface area contributed by atoms with E-state index in [1.807, 2.05) is 6.92 Å². The summed E-state index contributed by atoms with van der Waals surface area (Å²) < 4.78 is 36.7. The molecule has 0 aliphatic heterocycles. The van der Waals surface area contributed by atoms with Gasteiger partial charge in [0.1, 0.15) is 0 Å². The Morgan fingerprint density at radius 2 is 1.76 bits per heavy atom. The Labute approximate surface area is 129 Å². The molecule has 0 saturated heterocycles. The zero-order valence-corrected chi connectivity index (χ0v) is 13.4. The molecule has 124 valence electrons. The quantitative estimate of drug-likeness (QED) is 0.347. The third-order valence-electron chi connectivity index (χ3n) is 3.14. The van der Waals surface area contributed by atoms with Crippen molar-refractivity contribution in [1.82, 2.24) is 0 Å². The summed E-state index contributed by atoms with van der Waals surface area (Å²) in [4.78, 5) is 22.1. The lowest BCUT2D eigenvalue weighted by Crippen LogP contribution is -2.44. The fourth-order valence-corrected chi connectivity index (χ4v) is 2.38. The average Bonchev–Trinajstić information content (AvgIpc) is 2.40. The molecule has 2 atom stereocenters. The van der Waals surface area contributed by atoms with Crippen LogP contribution < -0.4 is 0 Å². The first-order chi connectivity index (χ1) is 9.77. The largest absolute Gasteiger partial charge is 0.465 e. The van der Waals surface area contributed by atoms with Crippen LogP contribution in [0.2, 0.25) is 0 Å². The van der Waals surface area contributed by atoms with Crippen LogP contribution in [0.15, 0.2) is 0 Å². The van der Waals surface area contributed by atoms with E-state index in [9.17, 15) is 18.4 Å². The standard InChI is InChI=1S/C14H23ClF2O4/c1-4-5-6-7-8-9-11(12(15)21-10(2)18)14(16,17)13(19)20-3/h11-12H,4-9H2,1-3H3. The number of methoxy groups -OCH3 is 1. The predicted molar refractivity (Wildman–Crippen MR) is 75.2 cm³/mol. The molecule has 0 bridgehead atoms. The molecule has 0 rings (SSSR count). The van der Waals surface area contributed by atoms with Gasteiger partial charge in [-0.15, -0.1) is 0 Å². The van der Waals surface area contributed by atoms with Crippen LogP contribution in [-0.4, -0.2) is 30.5 Å². The zero-order chi connectivity index (χ0) is 16.5. The van der Waals surface area contributed by atoms with Crippen molar-refractivity contribution in [1.29, 1.82) is 0 Å². The molecular formula is C14H23ClF2O4. The predicted octanol–water partition coefficient (Wildman–Crippen LogP) is 3.90. The first-order valence-electron chi connectivity index (χ1n) is 7.04. The molecule has 0 fully saturated rings. The van der Waals surface area contributed by atoms with E-state index in [2.05, 4.69) is 9.47 Å². The molecule has 0 aromatic carbocycles. The van der Waals surface area contributed by atoms with Crippen molar-refractivity contribution >= 4 is 23.5 Å². The molecule has 4 nitrogen and oxygen atoms in total. The number of ether oxygens (including phenoxy) is 2. The second kappa shape index (κ2) is 9.92. The summed E-state index contributed by atoms with van der Waals surface area (Å²) in [6, 6.07) is 0. The van der Waals surface area contributed by atoms with E-state index >= 15 is 0 Å². The summed E-state index contributed by atoms with van der Waals surface area (Å²) in [6.45, 7) is 3.12. The number of rotatable bonds is 10. The number of alkyl halides is 3. The van der Waals surface area contributed by atoms with Gasteiger partial charge in [0.25, 0.3) is 0 Å². The molecule has 0 radical (unpaired) electrons. The topological polar surface area (TPSA) is 52.6 Å². The molecule has 0 aromatic rings. The van der Waals surface area contributed by atoms with E-state index < -0.39 is 29.3 Å². The van der Waals surface area contributed by atoms with Crippen LogP contribution in [0.5, 0.6) is 0 Å². The second-order valence-corrected chi connectivity index (χ2v) is 5.31. The van der Waals surface area contributed by atoms with Crippen molar-refractivity contribution in [2.24, 2.45) is 5.92 Å². The molecule has 0 heterocycles. The molecular weight excluding hydrogens is 306 g/mol. The molecule has 0 aromatic heterocycles. The first-order valence-corrected chi connectivity index (χ1v) is 7.48. The van der Waals surface area contributed by atoms with Gasteiger partial charge in [0.05, 0.1) is 13.0 Å². The lowest BCUT2D eigenvalue weighted by Gasteiger charge is -2.27. The molecule has 0 amide bonds. The van der Waals surface area contributed by atoms with E-state index in [0.717, 1.165) is 39.7 Å². The maximum absolute atomic E-state index is 14.0. The summed E-state index contributed by atoms with van der Waals surface area (Å²) in [6.07, 6.45) is 4.19. The first kappa shape index (κ1) is 20.1. The maximum atomic E-state index is 14.0. The minimum atomic E-state index is -3.79. The van der Waals surface area contributed by atoms with Gasteiger partial charge in [0, 0.05) is 6.92 Å². The highest BCUT2D eigenvalue weighted by Gasteiger charge is 2.52. The van der Waals surface area contributed by atoms with E-state index in [0.29, 0.717) is 6.42 Å². The van der Waals surface area contributed by atoms with Crippen molar-refractivity contribution in [2.45, 2.75) is 63.9 Å². The maximum Gasteiger partial charge on any atom is 0.377 e. The Hall–Kier alpha value is -0.910. The Morgan fingerprint density at radius 1 is 1.19 bits per heavy atom. The highest BCUT2D eigenvalue weighted by atomic mass is 35.5. The molecule has 2 unspecified atom stereocenters. The highest BCUT2D eigenvalue weighted by molar-refractivity contribution is 6.20. The number of carbonyl (C=O) groups is 2. The van der Waals surface area contributed by atoms with Crippen molar-refractivity contribution < 1.29 is 27.8 Å². The molecule has 0 aliphatic rings. The van der Waals surface area contributed by atoms with Gasteiger partial charge < -0.3 is 9.47 Å². The number of esters is 2. The molecule has 21 heavy (non-hydrogen) atoms. The zero-order valence-electron chi connectivity index (χ0n) is 12.7. The molecule has 0 aliphatic carbocycles. The summed E-state index contributed by atoms with van der Waals surface area (Å²) in [5.41, 5.74) is -1.57. The lowest BCUT2D eigenvalue weighted by atomic mass is 9.94. The second-order valence-electron chi connectivity index (χ2n) is 4.88. The van der Waals surface area contributed by atoms with Crippen LogP contribution >= 0.6 is 11.6 Å². The number of unbranched alkanes of at least 4 members (excludes halogenated alkanes) is 4. The van der Waals surface area contributed by atoms with Crippen LogP contribution in [0.1, 0.15) is 52.4 Å². The van der Waals surface area contributed by atoms with Crippen LogP contribution in [-0.2, 0) is 19.1 Å². The van der Waals surface area contributed by atoms with Crippen LogP contribution in [0, 0.1) is 5.92 Å². The van der Waals surface area contributed by atoms with Crippen LogP contribution in [0.3, 0.4) is 0 Å². The number of carbonyl (C=O) groups excluding carboxylic acids is 2. The van der Waals surface area contributed by atoms with Crippen molar-refractivity contribution in [3.8, 4) is 0 Å². The van der Waals surface area contributed by atoms with Crippen LogP contribution in [0.25, 0.3) is 0 Å². The minimum Gasteiger partial charge on any atom is -0.465 e. The number of hydrogen-bond acceptors (Lipinski definition) is 4. The summed E-state index contributed by atoms with van der Waals surface area (Å²) in [5.74, 6) is -7.83. The van der Waals surface area contributed by atoms with Gasteiger partial charge >= 0.3 is 17.9 Å². The third kappa shape index (κ3) is 7.07. The number of hydrogen-bond donors (Lipinski definition) is 0. The fourth-order valence-electron chi connectivity index (χ4n) is 1.97. The molecule has 7 heteroatoms. The Bertz CT molecular complexity index is 337. The smallest absolute Gasteiger partial charge is 0.377 e. The Balaban J connectivity index is 4.76. The van der Waals surface area contributed by atoms with E-state index in [4.69, 9.17) is 11.6 Å². The van der Waals surface area contributed by atoms with Crippen molar-refractivity contribution in [3.05, 3.63) is 0 Å². The van der Waals surface area contributed by atoms with Gasteiger partial charge in [-0.1, -0.05) is 50.6 Å². The van der Waals surface area contributed by atoms with Gasteiger partial charge in [-0.3, -0.25) is 4.79 Å². The average molecular weight is 329 g/mol. The SMILES string of the molecule is CCCCCCCC(C(Cl)OC(C)=O)C(F)(F)C(=O)OC. The third-order valence-corrected chi connectivity index (χ3v) is 3.53. The van der Waals surface area contributed by atoms with Gasteiger partial charge in [-0.25, -0.2) is 4.79 Å². The summed E-state index contributed by atoms with van der Waals surface area (Å²) in [5, 5.41) is 0. The Morgan fingerprint density at radius 3 is 2.24 bits per heavy atom. The fraction of sp³-hybridized carbons (Fsp3) is 0.857. The highest BCUT2D eigenvalue weighted by Crippen LogP contribution is 2.36. The van der Waals surface area contributed by atoms with Crippen molar-refractivity contribution in [2.75, 3.05) is 7.11 Å². The molecule has 0 N–H and O–H groups in total.